The molecule has 0 aromatic heterocycles. The Balaban J connectivity index is 2.07. The van der Waals surface area contributed by atoms with Crippen molar-refractivity contribution in [1.82, 2.24) is 0 Å². The van der Waals surface area contributed by atoms with E-state index < -0.39 is 0 Å². The van der Waals surface area contributed by atoms with Gasteiger partial charge in [-0.3, -0.25) is 0 Å². The second-order valence-electron chi connectivity index (χ2n) is 3.84. The third-order valence-corrected chi connectivity index (χ3v) is 6.24. The molecule has 3 unspecified atom stereocenters. The summed E-state index contributed by atoms with van der Waals surface area (Å²) in [6, 6.07) is 0. The molecule has 2 fully saturated rings. The Morgan fingerprint density at radius 2 is 2.25 bits per heavy atom. The molecule has 0 radical (unpaired) electrons. The van der Waals surface area contributed by atoms with Gasteiger partial charge in [0.25, 0.3) is 0 Å². The number of fused-ring (bicyclic) bond motifs is 1. The van der Waals surface area contributed by atoms with E-state index in [1.807, 2.05) is 23.5 Å². The zero-order chi connectivity index (χ0) is 8.60. The van der Waals surface area contributed by atoms with Gasteiger partial charge in [-0.15, -0.1) is 11.8 Å². The van der Waals surface area contributed by atoms with Gasteiger partial charge in [0, 0.05) is 16.3 Å². The van der Waals surface area contributed by atoms with Crippen molar-refractivity contribution >= 4 is 23.5 Å². The van der Waals surface area contributed by atoms with Gasteiger partial charge < -0.3 is 5.11 Å². The molecule has 1 nitrogen and oxygen atoms in total. The van der Waals surface area contributed by atoms with E-state index in [9.17, 15) is 5.11 Å². The summed E-state index contributed by atoms with van der Waals surface area (Å²) in [7, 11) is 0. The van der Waals surface area contributed by atoms with Gasteiger partial charge in [0.2, 0.25) is 0 Å². The van der Waals surface area contributed by atoms with E-state index in [0.29, 0.717) is 10.5 Å². The van der Waals surface area contributed by atoms with Gasteiger partial charge >= 0.3 is 0 Å². The van der Waals surface area contributed by atoms with E-state index in [0.717, 1.165) is 6.42 Å². The molecule has 3 heteroatoms. The largest absolute Gasteiger partial charge is 0.378 e. The quantitative estimate of drug-likeness (QED) is 0.654. The van der Waals surface area contributed by atoms with Crippen LogP contribution in [0.2, 0.25) is 0 Å². The highest BCUT2D eigenvalue weighted by molar-refractivity contribution is 8.07. The van der Waals surface area contributed by atoms with Gasteiger partial charge in [0.1, 0.15) is 4.93 Å². The van der Waals surface area contributed by atoms with Crippen LogP contribution in [-0.2, 0) is 0 Å². The fraction of sp³-hybridized carbons (Fsp3) is 1.00. The molecule has 1 saturated carbocycles. The maximum absolute atomic E-state index is 10.3. The fourth-order valence-electron chi connectivity index (χ4n) is 2.08. The van der Waals surface area contributed by atoms with E-state index in [4.69, 9.17) is 0 Å². The van der Waals surface area contributed by atoms with Gasteiger partial charge in [0.05, 0.1) is 0 Å². The lowest BCUT2D eigenvalue weighted by Gasteiger charge is -2.44. The number of hydrogen-bond donors (Lipinski definition) is 1. The monoisotopic (exact) mass is 204 g/mol. The molecule has 2 aliphatic rings. The average molecular weight is 204 g/mol. The Bertz CT molecular complexity index is 174. The minimum absolute atomic E-state index is 0.374. The predicted octanol–water partition coefficient (Wildman–Crippen LogP) is 2.49. The number of thioether (sulfide) groups is 2. The summed E-state index contributed by atoms with van der Waals surface area (Å²) < 4.78 is 0. The molecule has 1 N–H and O–H groups in total. The molecule has 12 heavy (non-hydrogen) atoms. The van der Waals surface area contributed by atoms with Gasteiger partial charge in [0.15, 0.2) is 0 Å². The Hall–Kier alpha value is 0.660. The first-order valence-corrected chi connectivity index (χ1v) is 6.65. The van der Waals surface area contributed by atoms with Crippen molar-refractivity contribution in [2.45, 2.75) is 48.0 Å². The van der Waals surface area contributed by atoms with Crippen molar-refractivity contribution in [2.24, 2.45) is 0 Å². The van der Waals surface area contributed by atoms with Crippen molar-refractivity contribution in [2.75, 3.05) is 5.75 Å². The highest BCUT2D eigenvalue weighted by Crippen LogP contribution is 2.49. The molecule has 70 valence electrons. The van der Waals surface area contributed by atoms with E-state index >= 15 is 0 Å². The summed E-state index contributed by atoms with van der Waals surface area (Å²) in [6.07, 6.45) is 4.77. The van der Waals surface area contributed by atoms with Crippen LogP contribution in [0.15, 0.2) is 0 Å². The van der Waals surface area contributed by atoms with Crippen LogP contribution in [0.5, 0.6) is 0 Å². The van der Waals surface area contributed by atoms with Crippen molar-refractivity contribution in [3.63, 3.8) is 0 Å². The zero-order valence-electron chi connectivity index (χ0n) is 7.45. The number of rotatable bonds is 0. The fourth-order valence-corrected chi connectivity index (χ4v) is 5.40. The molecule has 0 aromatic carbocycles. The van der Waals surface area contributed by atoms with Crippen molar-refractivity contribution in [1.29, 1.82) is 0 Å². The zero-order valence-corrected chi connectivity index (χ0v) is 9.09. The summed E-state index contributed by atoms with van der Waals surface area (Å²) in [5, 5.41) is 11.5. The summed E-state index contributed by atoms with van der Waals surface area (Å²) in [6.45, 7) is 2.22. The maximum atomic E-state index is 10.3. The van der Waals surface area contributed by atoms with Crippen molar-refractivity contribution < 1.29 is 5.11 Å². The average Bonchev–Trinajstić information content (AvgIpc) is 2.02. The summed E-state index contributed by atoms with van der Waals surface area (Å²) in [4.78, 5) is -0.374. The van der Waals surface area contributed by atoms with E-state index in [1.165, 1.54) is 25.0 Å². The normalized spacial score (nSPS) is 48.5. The molecule has 1 aliphatic heterocycles. The molecule has 1 aliphatic carbocycles. The molecular formula is C9H16OS2. The van der Waals surface area contributed by atoms with Crippen LogP contribution in [0.3, 0.4) is 0 Å². The second kappa shape index (κ2) is 3.43. The smallest absolute Gasteiger partial charge is 0.122 e. The molecule has 0 spiro atoms. The number of aliphatic hydroxyl groups is 1. The first-order valence-electron chi connectivity index (χ1n) is 4.72. The van der Waals surface area contributed by atoms with Crippen LogP contribution in [-0.4, -0.2) is 26.3 Å². The van der Waals surface area contributed by atoms with Crippen molar-refractivity contribution in [3.05, 3.63) is 0 Å². The molecule has 3 atom stereocenters. The molecule has 1 heterocycles. The topological polar surface area (TPSA) is 20.2 Å². The van der Waals surface area contributed by atoms with E-state index in [-0.39, 0.29) is 4.93 Å². The third-order valence-electron chi connectivity index (χ3n) is 2.69. The second-order valence-corrected chi connectivity index (χ2v) is 6.82. The Labute approximate surface area is 82.7 Å². The Morgan fingerprint density at radius 3 is 3.08 bits per heavy atom. The summed E-state index contributed by atoms with van der Waals surface area (Å²) >= 11 is 3.79. The van der Waals surface area contributed by atoms with Crippen LogP contribution in [0.4, 0.5) is 0 Å². The Kier molecular flexibility index (Phi) is 2.64. The summed E-state index contributed by atoms with van der Waals surface area (Å²) in [5.74, 6) is 1.22. The lowest BCUT2D eigenvalue weighted by molar-refractivity contribution is 0.0997. The van der Waals surface area contributed by atoms with Gasteiger partial charge in [-0.1, -0.05) is 13.3 Å². The minimum Gasteiger partial charge on any atom is -0.378 e. The standard InChI is InChI=1S/C9H16OS2/c1-7-6-11-8-4-2-3-5-9(8,10)12-7/h7-8,10H,2-6H2,1H3. The lowest BCUT2D eigenvalue weighted by Crippen LogP contribution is -2.44. The molecule has 2 rings (SSSR count). The molecule has 1 saturated heterocycles. The maximum Gasteiger partial charge on any atom is 0.122 e. The minimum atomic E-state index is -0.374. The van der Waals surface area contributed by atoms with Crippen LogP contribution >= 0.6 is 23.5 Å². The third kappa shape index (κ3) is 1.64. The van der Waals surface area contributed by atoms with Crippen LogP contribution < -0.4 is 0 Å². The highest BCUT2D eigenvalue weighted by Gasteiger charge is 2.43. The van der Waals surface area contributed by atoms with Gasteiger partial charge in [-0.25, -0.2) is 0 Å². The van der Waals surface area contributed by atoms with Gasteiger partial charge in [-0.2, -0.15) is 11.8 Å². The predicted molar refractivity (Wildman–Crippen MR) is 56.7 cm³/mol. The molecular weight excluding hydrogens is 188 g/mol. The first kappa shape index (κ1) is 9.22. The van der Waals surface area contributed by atoms with E-state index in [2.05, 4.69) is 6.92 Å². The first-order chi connectivity index (χ1) is 5.71. The van der Waals surface area contributed by atoms with Crippen molar-refractivity contribution in [3.8, 4) is 0 Å². The SMILES string of the molecule is CC1CSC2CCCCC2(O)S1. The van der Waals surface area contributed by atoms with Crippen LogP contribution in [0.1, 0.15) is 32.6 Å². The van der Waals surface area contributed by atoms with Crippen LogP contribution in [0.25, 0.3) is 0 Å². The number of hydrogen-bond acceptors (Lipinski definition) is 3. The Morgan fingerprint density at radius 1 is 1.42 bits per heavy atom. The molecule has 0 bridgehead atoms. The lowest BCUT2D eigenvalue weighted by atomic mass is 9.96. The molecule has 0 aromatic rings. The van der Waals surface area contributed by atoms with Gasteiger partial charge in [-0.05, 0) is 19.3 Å². The van der Waals surface area contributed by atoms with E-state index in [1.54, 1.807) is 0 Å². The summed E-state index contributed by atoms with van der Waals surface area (Å²) in [5.41, 5.74) is 0. The highest BCUT2D eigenvalue weighted by atomic mass is 32.2. The van der Waals surface area contributed by atoms with Crippen LogP contribution in [0, 0.1) is 0 Å². The molecule has 0 amide bonds.